The maximum atomic E-state index is 12.8. The van der Waals surface area contributed by atoms with E-state index in [1.165, 1.54) is 11.1 Å². The molecule has 1 N–H and O–H groups in total. The first-order chi connectivity index (χ1) is 13.0. The third kappa shape index (κ3) is 4.38. The van der Waals surface area contributed by atoms with Crippen LogP contribution in [-0.2, 0) is 11.2 Å². The zero-order valence-electron chi connectivity index (χ0n) is 16.0. The highest BCUT2D eigenvalue weighted by atomic mass is 16.4. The summed E-state index contributed by atoms with van der Waals surface area (Å²) in [6.07, 6.45) is 4.04. The predicted octanol–water partition coefficient (Wildman–Crippen LogP) is 4.42. The molecule has 0 aromatic heterocycles. The second-order valence-corrected chi connectivity index (χ2v) is 7.48. The monoisotopic (exact) mass is 365 g/mol. The van der Waals surface area contributed by atoms with Crippen molar-refractivity contribution in [3.05, 3.63) is 70.8 Å². The summed E-state index contributed by atoms with van der Waals surface area (Å²) in [6, 6.07) is 15.8. The lowest BCUT2D eigenvalue weighted by Gasteiger charge is -2.30. The van der Waals surface area contributed by atoms with Gasteiger partial charge in [0.05, 0.1) is 5.56 Å². The van der Waals surface area contributed by atoms with Crippen molar-refractivity contribution in [3.8, 4) is 0 Å². The van der Waals surface area contributed by atoms with Crippen LogP contribution in [0.25, 0.3) is 0 Å². The van der Waals surface area contributed by atoms with E-state index < -0.39 is 5.97 Å². The first-order valence-corrected chi connectivity index (χ1v) is 9.61. The van der Waals surface area contributed by atoms with Crippen LogP contribution in [0.4, 0.5) is 0 Å². The summed E-state index contributed by atoms with van der Waals surface area (Å²) >= 11 is 0. The Bertz CT molecular complexity index is 813. The number of carbonyl (C=O) groups excluding carboxylic acids is 1. The fourth-order valence-corrected chi connectivity index (χ4v) is 4.16. The Balaban J connectivity index is 1.66. The normalized spacial score (nSPS) is 19.0. The van der Waals surface area contributed by atoms with Gasteiger partial charge in [0.1, 0.15) is 0 Å². The van der Waals surface area contributed by atoms with Gasteiger partial charge in [-0.15, -0.1) is 0 Å². The third-order valence-corrected chi connectivity index (χ3v) is 5.73. The van der Waals surface area contributed by atoms with E-state index in [0.29, 0.717) is 24.3 Å². The molecular weight excluding hydrogens is 338 g/mol. The van der Waals surface area contributed by atoms with Crippen LogP contribution in [0.15, 0.2) is 48.5 Å². The molecule has 4 heteroatoms. The first kappa shape index (κ1) is 19.2. The highest BCUT2D eigenvalue weighted by Gasteiger charge is 2.33. The minimum Gasteiger partial charge on any atom is -0.478 e. The van der Waals surface area contributed by atoms with Crippen molar-refractivity contribution in [1.82, 2.24) is 4.90 Å². The average molecular weight is 365 g/mol. The molecule has 0 bridgehead atoms. The van der Waals surface area contributed by atoms with Crippen LogP contribution >= 0.6 is 0 Å². The second kappa shape index (κ2) is 8.38. The van der Waals surface area contributed by atoms with Gasteiger partial charge in [-0.3, -0.25) is 4.79 Å². The number of aryl methyl sites for hydroxylation is 2. The summed E-state index contributed by atoms with van der Waals surface area (Å²) < 4.78 is 0. The van der Waals surface area contributed by atoms with Crippen LogP contribution < -0.4 is 0 Å². The molecule has 4 nitrogen and oxygen atoms in total. The summed E-state index contributed by atoms with van der Waals surface area (Å²) in [5.41, 5.74) is 3.55. The molecule has 1 amide bonds. The Morgan fingerprint density at radius 3 is 2.48 bits per heavy atom. The number of carboxylic acids is 1. The number of benzene rings is 2. The van der Waals surface area contributed by atoms with Crippen LogP contribution in [0.1, 0.15) is 58.6 Å². The molecule has 0 spiro atoms. The fraction of sp³-hybridized carbons (Fsp3) is 0.391. The van der Waals surface area contributed by atoms with E-state index in [2.05, 4.69) is 31.2 Å². The number of hydrogen-bond donors (Lipinski definition) is 1. The van der Waals surface area contributed by atoms with Crippen molar-refractivity contribution in [3.63, 3.8) is 0 Å². The van der Waals surface area contributed by atoms with E-state index in [4.69, 9.17) is 0 Å². The Labute approximate surface area is 160 Å². The molecule has 2 unspecified atom stereocenters. The second-order valence-electron chi connectivity index (χ2n) is 7.48. The van der Waals surface area contributed by atoms with E-state index >= 15 is 0 Å². The molecule has 0 radical (unpaired) electrons. The number of hydrogen-bond acceptors (Lipinski definition) is 2. The molecule has 1 saturated carbocycles. The quantitative estimate of drug-likeness (QED) is 0.824. The van der Waals surface area contributed by atoms with Crippen molar-refractivity contribution in [1.29, 1.82) is 0 Å². The number of nitrogens with zero attached hydrogens (tertiary/aromatic N) is 1. The molecule has 2 aromatic carbocycles. The molecule has 1 aliphatic carbocycles. The number of carbonyl (C=O) groups is 2. The number of carboxylic acid groups (broad SMARTS) is 1. The van der Waals surface area contributed by atoms with Crippen molar-refractivity contribution in [2.75, 3.05) is 7.05 Å². The average Bonchev–Trinajstić information content (AvgIpc) is 3.16. The van der Waals surface area contributed by atoms with Gasteiger partial charge in [-0.05, 0) is 43.4 Å². The minimum absolute atomic E-state index is 0.0826. The Morgan fingerprint density at radius 1 is 1.07 bits per heavy atom. The molecule has 27 heavy (non-hydrogen) atoms. The van der Waals surface area contributed by atoms with E-state index in [-0.39, 0.29) is 17.5 Å². The Kier molecular flexibility index (Phi) is 5.94. The van der Waals surface area contributed by atoms with Gasteiger partial charge in [-0.25, -0.2) is 4.79 Å². The largest absolute Gasteiger partial charge is 0.478 e. The van der Waals surface area contributed by atoms with Gasteiger partial charge in [0, 0.05) is 25.4 Å². The lowest BCUT2D eigenvalue weighted by Crippen LogP contribution is -2.38. The van der Waals surface area contributed by atoms with Gasteiger partial charge in [0.25, 0.3) is 0 Å². The van der Waals surface area contributed by atoms with E-state index in [0.717, 1.165) is 19.3 Å². The zero-order chi connectivity index (χ0) is 19.4. The molecule has 0 aliphatic heterocycles. The fourth-order valence-electron chi connectivity index (χ4n) is 4.16. The zero-order valence-corrected chi connectivity index (χ0v) is 16.0. The number of aromatic carboxylic acids is 1. The van der Waals surface area contributed by atoms with Gasteiger partial charge in [-0.2, -0.15) is 0 Å². The van der Waals surface area contributed by atoms with Crippen molar-refractivity contribution < 1.29 is 14.7 Å². The minimum atomic E-state index is -0.943. The summed E-state index contributed by atoms with van der Waals surface area (Å²) in [5.74, 6) is -0.480. The standard InChI is InChI=1S/C23H27NO3/c1-16-10-12-18(13-11-16)19-8-5-9-21(19)24(2)22(25)15-14-17-6-3-4-7-20(17)23(26)27/h3-4,6-7,10-13,19,21H,5,8-9,14-15H2,1-2H3,(H,26,27). The van der Waals surface area contributed by atoms with Crippen LogP contribution in [0.2, 0.25) is 0 Å². The van der Waals surface area contributed by atoms with Crippen LogP contribution in [0.5, 0.6) is 0 Å². The summed E-state index contributed by atoms with van der Waals surface area (Å²) in [5, 5.41) is 9.30. The maximum absolute atomic E-state index is 12.8. The Hall–Kier alpha value is -2.62. The van der Waals surface area contributed by atoms with Crippen LogP contribution in [0.3, 0.4) is 0 Å². The van der Waals surface area contributed by atoms with Crippen molar-refractivity contribution >= 4 is 11.9 Å². The molecular formula is C23H27NO3. The van der Waals surface area contributed by atoms with Crippen LogP contribution in [0, 0.1) is 6.92 Å². The topological polar surface area (TPSA) is 57.6 Å². The van der Waals surface area contributed by atoms with E-state index in [9.17, 15) is 14.7 Å². The van der Waals surface area contributed by atoms with Gasteiger partial charge in [-0.1, -0.05) is 54.4 Å². The van der Waals surface area contributed by atoms with Crippen molar-refractivity contribution in [2.45, 2.75) is 51.0 Å². The molecule has 3 rings (SSSR count). The van der Waals surface area contributed by atoms with Gasteiger partial charge < -0.3 is 10.0 Å². The highest BCUT2D eigenvalue weighted by molar-refractivity contribution is 5.89. The third-order valence-electron chi connectivity index (χ3n) is 5.73. The molecule has 142 valence electrons. The Morgan fingerprint density at radius 2 is 1.78 bits per heavy atom. The van der Waals surface area contributed by atoms with E-state index in [1.54, 1.807) is 18.2 Å². The predicted molar refractivity (Wildman–Crippen MR) is 106 cm³/mol. The molecule has 1 aliphatic rings. The number of rotatable bonds is 6. The SMILES string of the molecule is Cc1ccc(C2CCCC2N(C)C(=O)CCc2ccccc2C(=O)O)cc1. The number of likely N-dealkylation sites (N-methyl/N-ethyl adjacent to an activating group) is 1. The maximum Gasteiger partial charge on any atom is 0.335 e. The van der Waals surface area contributed by atoms with Gasteiger partial charge >= 0.3 is 5.97 Å². The number of amides is 1. The van der Waals surface area contributed by atoms with E-state index in [1.807, 2.05) is 18.0 Å². The first-order valence-electron chi connectivity index (χ1n) is 9.61. The lowest BCUT2D eigenvalue weighted by molar-refractivity contribution is -0.132. The lowest BCUT2D eigenvalue weighted by atomic mass is 9.92. The summed E-state index contributed by atoms with van der Waals surface area (Å²) in [7, 11) is 1.89. The summed E-state index contributed by atoms with van der Waals surface area (Å²) in [4.78, 5) is 26.0. The van der Waals surface area contributed by atoms with Gasteiger partial charge in [0.15, 0.2) is 0 Å². The molecule has 0 saturated heterocycles. The van der Waals surface area contributed by atoms with Crippen molar-refractivity contribution in [2.24, 2.45) is 0 Å². The smallest absolute Gasteiger partial charge is 0.335 e. The molecule has 2 atom stereocenters. The highest BCUT2D eigenvalue weighted by Crippen LogP contribution is 2.37. The van der Waals surface area contributed by atoms with Gasteiger partial charge in [0.2, 0.25) is 5.91 Å². The van der Waals surface area contributed by atoms with Crippen LogP contribution in [-0.4, -0.2) is 35.0 Å². The molecule has 1 fully saturated rings. The molecule has 0 heterocycles. The molecule has 2 aromatic rings. The summed E-state index contributed by atoms with van der Waals surface area (Å²) in [6.45, 7) is 2.08.